The number of fused-ring (bicyclic) bond motifs is 1. The highest BCUT2D eigenvalue weighted by Gasteiger charge is 2.20. The number of anilines is 2. The molecule has 0 saturated heterocycles. The maximum Gasteiger partial charge on any atom is 0.331 e. The third-order valence-corrected chi connectivity index (χ3v) is 6.16. The summed E-state index contributed by atoms with van der Waals surface area (Å²) in [4.78, 5) is 26.4. The van der Waals surface area contributed by atoms with Gasteiger partial charge in [-0.25, -0.2) is 4.79 Å². The minimum atomic E-state index is -0.301. The topological polar surface area (TPSA) is 65.9 Å². The standard InChI is InChI=1S/C28H29N5O2/c1-20(2)17-33-24-19-32(18-21-11-13-23(14-12-21)31-15-7-8-16-31)26(29-22-9-5-4-6-10-22)25(24)27(34)30(3)28(33)35/h4-16,19-20,29H,17-18H2,1-3H3. The van der Waals surface area contributed by atoms with Crippen molar-refractivity contribution >= 4 is 22.4 Å². The summed E-state index contributed by atoms with van der Waals surface area (Å²) in [5.74, 6) is 0.933. The molecule has 178 valence electrons. The molecule has 7 heteroatoms. The lowest BCUT2D eigenvalue weighted by Crippen LogP contribution is -2.38. The van der Waals surface area contributed by atoms with E-state index in [0.29, 0.717) is 29.8 Å². The van der Waals surface area contributed by atoms with Gasteiger partial charge in [-0.2, -0.15) is 0 Å². The van der Waals surface area contributed by atoms with Crippen LogP contribution in [-0.4, -0.2) is 18.3 Å². The lowest BCUT2D eigenvalue weighted by molar-refractivity contribution is 0.502. The number of rotatable bonds is 7. The highest BCUT2D eigenvalue weighted by atomic mass is 16.2. The van der Waals surface area contributed by atoms with Crippen LogP contribution >= 0.6 is 0 Å². The van der Waals surface area contributed by atoms with Crippen molar-refractivity contribution in [3.8, 4) is 5.69 Å². The Bertz CT molecular complexity index is 1570. The van der Waals surface area contributed by atoms with E-state index in [1.54, 1.807) is 11.6 Å². The van der Waals surface area contributed by atoms with Gasteiger partial charge >= 0.3 is 5.69 Å². The van der Waals surface area contributed by atoms with E-state index in [2.05, 4.69) is 48.0 Å². The molecule has 1 N–H and O–H groups in total. The number of nitrogens with zero attached hydrogens (tertiary/aromatic N) is 4. The van der Waals surface area contributed by atoms with Gasteiger partial charge in [-0.1, -0.05) is 44.2 Å². The Morgan fingerprint density at radius 3 is 2.23 bits per heavy atom. The zero-order valence-electron chi connectivity index (χ0n) is 20.2. The van der Waals surface area contributed by atoms with E-state index in [4.69, 9.17) is 0 Å². The maximum atomic E-state index is 13.3. The van der Waals surface area contributed by atoms with E-state index in [-0.39, 0.29) is 17.2 Å². The molecule has 2 aromatic carbocycles. The van der Waals surface area contributed by atoms with E-state index in [1.807, 2.05) is 65.6 Å². The van der Waals surface area contributed by atoms with E-state index >= 15 is 0 Å². The van der Waals surface area contributed by atoms with Crippen molar-refractivity contribution in [2.45, 2.75) is 26.9 Å². The first-order valence-corrected chi connectivity index (χ1v) is 11.8. The van der Waals surface area contributed by atoms with Crippen LogP contribution in [0.3, 0.4) is 0 Å². The number of aromatic nitrogens is 4. The van der Waals surface area contributed by atoms with Gasteiger partial charge in [0, 0.05) is 50.1 Å². The number of hydrogen-bond acceptors (Lipinski definition) is 3. The average molecular weight is 468 g/mol. The van der Waals surface area contributed by atoms with Crippen molar-refractivity contribution in [1.82, 2.24) is 18.3 Å². The third-order valence-electron chi connectivity index (χ3n) is 6.16. The van der Waals surface area contributed by atoms with Gasteiger partial charge in [0.05, 0.1) is 5.52 Å². The lowest BCUT2D eigenvalue weighted by Gasteiger charge is -2.13. The maximum absolute atomic E-state index is 13.3. The minimum absolute atomic E-state index is 0.253. The van der Waals surface area contributed by atoms with Gasteiger partial charge in [0.15, 0.2) is 0 Å². The smallest absolute Gasteiger partial charge is 0.331 e. The molecule has 5 rings (SSSR count). The van der Waals surface area contributed by atoms with Crippen LogP contribution in [0, 0.1) is 5.92 Å². The van der Waals surface area contributed by atoms with Crippen LogP contribution in [0.5, 0.6) is 0 Å². The largest absolute Gasteiger partial charge is 0.341 e. The predicted octanol–water partition coefficient (Wildman–Crippen LogP) is 4.74. The summed E-state index contributed by atoms with van der Waals surface area (Å²) < 4.78 is 7.00. The first kappa shape index (κ1) is 22.5. The molecule has 3 heterocycles. The summed E-state index contributed by atoms with van der Waals surface area (Å²) in [5, 5.41) is 3.96. The van der Waals surface area contributed by atoms with Crippen molar-refractivity contribution in [2.24, 2.45) is 13.0 Å². The first-order valence-electron chi connectivity index (χ1n) is 11.8. The molecular weight excluding hydrogens is 438 g/mol. The number of para-hydroxylation sites is 1. The Kier molecular flexibility index (Phi) is 5.91. The summed E-state index contributed by atoms with van der Waals surface area (Å²) in [6.45, 7) is 5.21. The fourth-order valence-electron chi connectivity index (χ4n) is 4.43. The number of hydrogen-bond donors (Lipinski definition) is 1. The Hall–Kier alpha value is -4.26. The summed E-state index contributed by atoms with van der Waals surface area (Å²) in [6, 6.07) is 22.1. The SMILES string of the molecule is CC(C)Cn1c(=O)n(C)c(=O)c2c(Nc3ccccc3)n(Cc3ccc(-n4cccc4)cc3)cc21. The summed E-state index contributed by atoms with van der Waals surface area (Å²) in [6.07, 6.45) is 5.95. The fourth-order valence-corrected chi connectivity index (χ4v) is 4.43. The Balaban J connectivity index is 1.65. The van der Waals surface area contributed by atoms with Crippen LogP contribution in [0.4, 0.5) is 11.5 Å². The molecule has 0 radical (unpaired) electrons. The third kappa shape index (κ3) is 4.33. The van der Waals surface area contributed by atoms with Crippen molar-refractivity contribution in [3.05, 3.63) is 112 Å². The molecule has 35 heavy (non-hydrogen) atoms. The summed E-state index contributed by atoms with van der Waals surface area (Å²) >= 11 is 0. The van der Waals surface area contributed by atoms with Gasteiger partial charge < -0.3 is 14.5 Å². The summed E-state index contributed by atoms with van der Waals surface area (Å²) in [7, 11) is 1.55. The highest BCUT2D eigenvalue weighted by molar-refractivity contribution is 5.92. The normalized spacial score (nSPS) is 11.4. The van der Waals surface area contributed by atoms with E-state index in [1.165, 1.54) is 4.57 Å². The molecule has 0 fully saturated rings. The van der Waals surface area contributed by atoms with Crippen LogP contribution in [0.1, 0.15) is 19.4 Å². The molecule has 0 aliphatic rings. The molecule has 0 amide bonds. The second kappa shape index (κ2) is 9.18. The lowest BCUT2D eigenvalue weighted by atomic mass is 10.2. The van der Waals surface area contributed by atoms with Crippen LogP contribution in [-0.2, 0) is 20.1 Å². The molecule has 0 bridgehead atoms. The van der Waals surface area contributed by atoms with Gasteiger partial charge in [-0.05, 0) is 47.9 Å². The molecule has 0 saturated carbocycles. The zero-order chi connectivity index (χ0) is 24.5. The molecule has 0 unspecified atom stereocenters. The monoisotopic (exact) mass is 467 g/mol. The van der Waals surface area contributed by atoms with Crippen LogP contribution < -0.4 is 16.6 Å². The second-order valence-electron chi connectivity index (χ2n) is 9.26. The zero-order valence-corrected chi connectivity index (χ0v) is 20.2. The van der Waals surface area contributed by atoms with Crippen LogP contribution in [0.2, 0.25) is 0 Å². The van der Waals surface area contributed by atoms with Crippen molar-refractivity contribution in [2.75, 3.05) is 5.32 Å². The molecule has 0 aliphatic carbocycles. The molecule has 0 atom stereocenters. The number of benzene rings is 2. The highest BCUT2D eigenvalue weighted by Crippen LogP contribution is 2.27. The molecule has 0 aliphatic heterocycles. The Morgan fingerprint density at radius 2 is 1.57 bits per heavy atom. The molecular formula is C28H29N5O2. The fraction of sp³-hybridized carbons (Fsp3) is 0.214. The molecule has 3 aromatic heterocycles. The molecule has 0 spiro atoms. The van der Waals surface area contributed by atoms with Crippen LogP contribution in [0.15, 0.2) is 94.9 Å². The molecule has 5 aromatic rings. The van der Waals surface area contributed by atoms with Gasteiger partial charge in [0.2, 0.25) is 0 Å². The van der Waals surface area contributed by atoms with Gasteiger partial charge in [0.25, 0.3) is 5.56 Å². The van der Waals surface area contributed by atoms with Crippen molar-refractivity contribution in [3.63, 3.8) is 0 Å². The van der Waals surface area contributed by atoms with Gasteiger partial charge in [-0.15, -0.1) is 0 Å². The summed E-state index contributed by atoms with van der Waals surface area (Å²) in [5.41, 5.74) is 3.10. The predicted molar refractivity (Wildman–Crippen MR) is 141 cm³/mol. The number of nitrogens with one attached hydrogen (secondary N) is 1. The van der Waals surface area contributed by atoms with Crippen LogP contribution in [0.25, 0.3) is 16.6 Å². The van der Waals surface area contributed by atoms with Crippen molar-refractivity contribution in [1.29, 1.82) is 0 Å². The van der Waals surface area contributed by atoms with Gasteiger partial charge in [0.1, 0.15) is 11.2 Å². The molecule has 7 nitrogen and oxygen atoms in total. The Labute approximate surface area is 203 Å². The average Bonchev–Trinajstić information content (AvgIpc) is 3.51. The van der Waals surface area contributed by atoms with E-state index < -0.39 is 0 Å². The van der Waals surface area contributed by atoms with E-state index in [9.17, 15) is 9.59 Å². The van der Waals surface area contributed by atoms with Crippen molar-refractivity contribution < 1.29 is 0 Å². The van der Waals surface area contributed by atoms with Gasteiger partial charge in [-0.3, -0.25) is 13.9 Å². The first-order chi connectivity index (χ1) is 16.9. The van der Waals surface area contributed by atoms with E-state index in [0.717, 1.165) is 16.9 Å². The second-order valence-corrected chi connectivity index (χ2v) is 9.26. The Morgan fingerprint density at radius 1 is 0.886 bits per heavy atom. The quantitative estimate of drug-likeness (QED) is 0.376. The minimum Gasteiger partial charge on any atom is -0.341 e.